The molecule has 1 aliphatic carbocycles. The SMILES string of the molecule is CC[C@@]1(O)C(=O)OC(=O)C2=C1C=C1c3nc4cc(F)c(C)c5c4c(c3CN1C2)[C@@H](NC(=O)COCN(C)C(=O)OCc1ccc(CC(=O)[C@H](C)NC(=O)[C@@H](CC(=O)CCCCCN2C(=O)CC(C)C2=O)C(C)C)cc1)CC5. The Balaban J connectivity index is 0.784. The Morgan fingerprint density at radius 1 is 1.01 bits per heavy atom. The van der Waals surface area contributed by atoms with Gasteiger partial charge in [0.1, 0.15) is 31.5 Å². The van der Waals surface area contributed by atoms with Crippen LogP contribution >= 0.6 is 0 Å². The molecule has 0 saturated carbocycles. The number of ketones is 2. The summed E-state index contributed by atoms with van der Waals surface area (Å²) >= 11 is 0. The number of nitrogens with one attached hydrogen (secondary N) is 2. The van der Waals surface area contributed by atoms with Gasteiger partial charge in [-0.25, -0.2) is 23.8 Å². The van der Waals surface area contributed by atoms with Gasteiger partial charge in [0.05, 0.1) is 41.1 Å². The molecular weight excluding hydrogens is 996 g/mol. The lowest BCUT2D eigenvalue weighted by Gasteiger charge is -2.36. The number of hydrogen-bond acceptors (Lipinski definition) is 15. The summed E-state index contributed by atoms with van der Waals surface area (Å²) in [6, 6.07) is 6.91. The lowest BCUT2D eigenvalue weighted by atomic mass is 9.81. The maximum absolute atomic E-state index is 15.4. The van der Waals surface area contributed by atoms with Crippen molar-refractivity contribution < 1.29 is 66.9 Å². The Labute approximate surface area is 445 Å². The van der Waals surface area contributed by atoms with E-state index in [0.29, 0.717) is 72.2 Å². The Morgan fingerprint density at radius 2 is 1.74 bits per heavy atom. The summed E-state index contributed by atoms with van der Waals surface area (Å²) < 4.78 is 31.4. The van der Waals surface area contributed by atoms with E-state index < -0.39 is 60.0 Å². The standard InChI is InChI=1S/C57H67FN6O13/c1-8-57(74)41-23-45-51-40(26-63(45)25-39(41)54(71)77-55(57)72)50-43(18-17-37-32(5)42(58)24-44(61-51)49(37)50)60-47(67)28-75-29-62(7)56(73)76-27-35-15-13-34(14-16-35)21-46(66)33(6)59-52(69)38(30(2)3)22-36(65)12-10-9-11-19-64-48(68)20-31(4)53(64)70/h13-16,23-24,30-31,33,38,43,74H,8-12,17-22,25-29H2,1-7H3,(H,59,69)(H,60,67)/t31?,33-,38-,43-,57-/m0/s1. The number of esters is 2. The second-order valence-corrected chi connectivity index (χ2v) is 21.3. The molecular formula is C57H67FN6O13. The monoisotopic (exact) mass is 1060 g/mol. The largest absolute Gasteiger partial charge is 0.444 e. The third-order valence-corrected chi connectivity index (χ3v) is 15.6. The zero-order valence-corrected chi connectivity index (χ0v) is 44.7. The summed E-state index contributed by atoms with van der Waals surface area (Å²) in [5.41, 5.74) is 3.80. The number of aliphatic hydroxyl groups is 1. The highest BCUT2D eigenvalue weighted by Crippen LogP contribution is 2.48. The molecule has 19 nitrogen and oxygen atoms in total. The zero-order chi connectivity index (χ0) is 55.6. The van der Waals surface area contributed by atoms with Gasteiger partial charge in [0.15, 0.2) is 11.4 Å². The molecule has 5 amide bonds. The van der Waals surface area contributed by atoms with E-state index in [1.165, 1.54) is 18.0 Å². The first-order chi connectivity index (χ1) is 36.6. The number of likely N-dealkylation sites (tertiary alicyclic amines) is 1. The number of benzene rings is 2. The average molecular weight is 1060 g/mol. The van der Waals surface area contributed by atoms with E-state index in [1.807, 2.05) is 18.7 Å². The number of ether oxygens (including phenoxy) is 3. The van der Waals surface area contributed by atoms with Crippen LogP contribution in [-0.4, -0.2) is 123 Å². The number of cyclic esters (lactones) is 2. The minimum absolute atomic E-state index is 0.0291. The lowest BCUT2D eigenvalue weighted by molar-refractivity contribution is -0.172. The molecule has 2 aromatic carbocycles. The van der Waals surface area contributed by atoms with Gasteiger partial charge in [-0.05, 0) is 85.8 Å². The fraction of sp³-hybridized carbons (Fsp3) is 0.509. The molecule has 1 fully saturated rings. The Kier molecular flexibility index (Phi) is 16.9. The molecule has 8 rings (SSSR count). The summed E-state index contributed by atoms with van der Waals surface area (Å²) in [6.07, 6.45) is 4.17. The Hall–Kier alpha value is -7.19. The van der Waals surface area contributed by atoms with Crippen LogP contribution in [0.2, 0.25) is 0 Å². The van der Waals surface area contributed by atoms with Crippen LogP contribution in [0.1, 0.15) is 131 Å². The number of carbonyl (C=O) groups is 9. The van der Waals surface area contributed by atoms with Crippen LogP contribution in [0.25, 0.3) is 16.6 Å². The number of aryl methyl sites for hydroxylation is 1. The number of aromatic nitrogens is 1. The maximum atomic E-state index is 15.4. The van der Waals surface area contributed by atoms with Crippen molar-refractivity contribution in [3.05, 3.63) is 92.4 Å². The van der Waals surface area contributed by atoms with Gasteiger partial charge >= 0.3 is 18.0 Å². The predicted molar refractivity (Wildman–Crippen MR) is 276 cm³/mol. The highest BCUT2D eigenvalue weighted by atomic mass is 19.1. The fourth-order valence-electron chi connectivity index (χ4n) is 10.9. The second kappa shape index (κ2) is 23.2. The van der Waals surface area contributed by atoms with E-state index in [0.717, 1.165) is 27.0 Å². The maximum Gasteiger partial charge on any atom is 0.411 e. The van der Waals surface area contributed by atoms with Crippen molar-refractivity contribution in [3.63, 3.8) is 0 Å². The number of rotatable bonds is 22. The fourth-order valence-corrected chi connectivity index (χ4v) is 10.9. The molecule has 77 heavy (non-hydrogen) atoms. The smallest absolute Gasteiger partial charge is 0.411 e. The molecule has 1 aromatic heterocycles. The molecule has 0 bridgehead atoms. The minimum atomic E-state index is -2.03. The van der Waals surface area contributed by atoms with Crippen LogP contribution < -0.4 is 10.6 Å². The topological polar surface area (TPSA) is 248 Å². The molecule has 5 heterocycles. The van der Waals surface area contributed by atoms with Crippen LogP contribution in [0.5, 0.6) is 0 Å². The molecule has 0 spiro atoms. The van der Waals surface area contributed by atoms with Gasteiger partial charge in [0.25, 0.3) is 0 Å². The van der Waals surface area contributed by atoms with Gasteiger partial charge in [-0.2, -0.15) is 0 Å². The summed E-state index contributed by atoms with van der Waals surface area (Å²) in [5, 5.41) is 18.0. The first-order valence-electron chi connectivity index (χ1n) is 26.5. The van der Waals surface area contributed by atoms with Crippen molar-refractivity contribution in [1.82, 2.24) is 30.3 Å². The van der Waals surface area contributed by atoms with Crippen molar-refractivity contribution in [2.45, 2.75) is 137 Å². The Morgan fingerprint density at radius 3 is 2.43 bits per heavy atom. The van der Waals surface area contributed by atoms with E-state index in [2.05, 4.69) is 10.6 Å². The van der Waals surface area contributed by atoms with Gasteiger partial charge in [-0.1, -0.05) is 58.4 Å². The van der Waals surface area contributed by atoms with E-state index in [4.69, 9.17) is 19.2 Å². The number of pyridine rings is 1. The number of imide groups is 1. The number of unbranched alkanes of at least 4 members (excludes halogenated alkanes) is 2. The molecule has 4 aliphatic heterocycles. The summed E-state index contributed by atoms with van der Waals surface area (Å²) in [5.74, 6) is -4.79. The summed E-state index contributed by atoms with van der Waals surface area (Å²) in [4.78, 5) is 125. The Bertz CT molecular complexity index is 3010. The number of amides is 5. The van der Waals surface area contributed by atoms with Crippen molar-refractivity contribution in [1.29, 1.82) is 0 Å². The highest BCUT2D eigenvalue weighted by molar-refractivity contribution is 6.07. The lowest BCUT2D eigenvalue weighted by Crippen LogP contribution is -2.49. The highest BCUT2D eigenvalue weighted by Gasteiger charge is 2.50. The van der Waals surface area contributed by atoms with Crippen molar-refractivity contribution in [2.24, 2.45) is 17.8 Å². The van der Waals surface area contributed by atoms with Gasteiger partial charge in [-0.15, -0.1) is 0 Å². The number of carbonyl (C=O) groups excluding carboxylic acids is 9. The van der Waals surface area contributed by atoms with Crippen molar-refractivity contribution in [2.75, 3.05) is 33.5 Å². The number of halogens is 1. The molecule has 0 radical (unpaired) electrons. The molecule has 410 valence electrons. The van der Waals surface area contributed by atoms with Gasteiger partial charge in [0.2, 0.25) is 23.6 Å². The molecule has 5 aliphatic rings. The minimum Gasteiger partial charge on any atom is -0.444 e. The molecule has 1 unspecified atom stereocenters. The molecule has 5 atom stereocenters. The molecule has 20 heteroatoms. The summed E-state index contributed by atoms with van der Waals surface area (Å²) in [6.45, 7) is 10.3. The van der Waals surface area contributed by atoms with Gasteiger partial charge < -0.3 is 34.9 Å². The number of fused-ring (bicyclic) bond motifs is 4. The van der Waals surface area contributed by atoms with Crippen LogP contribution in [0, 0.1) is 30.5 Å². The average Bonchev–Trinajstić information content (AvgIpc) is 4.16. The third-order valence-electron chi connectivity index (χ3n) is 15.6. The molecule has 3 N–H and O–H groups in total. The van der Waals surface area contributed by atoms with Crippen molar-refractivity contribution in [3.8, 4) is 0 Å². The van der Waals surface area contributed by atoms with E-state index in [-0.39, 0.29) is 111 Å². The number of Topliss-reactive ketones (excluding diaryl/α,β-unsaturated/α-hetero) is 2. The first-order valence-corrected chi connectivity index (χ1v) is 26.5. The van der Waals surface area contributed by atoms with Crippen LogP contribution in [0.4, 0.5) is 9.18 Å². The normalized spacial score (nSPS) is 20.4. The molecule has 3 aromatic rings. The number of hydrogen-bond donors (Lipinski definition) is 3. The van der Waals surface area contributed by atoms with Crippen LogP contribution in [0.15, 0.2) is 47.6 Å². The van der Waals surface area contributed by atoms with Crippen LogP contribution in [-0.2, 0) is 78.6 Å². The van der Waals surface area contributed by atoms with Gasteiger partial charge in [-0.3, -0.25) is 38.6 Å². The number of nitrogens with zero attached hydrogens (tertiary/aromatic N) is 4. The predicted octanol–water partition coefficient (Wildman–Crippen LogP) is 5.52. The first kappa shape index (κ1) is 56.0. The summed E-state index contributed by atoms with van der Waals surface area (Å²) in [7, 11) is 1.45. The van der Waals surface area contributed by atoms with Crippen LogP contribution in [0.3, 0.4) is 0 Å². The van der Waals surface area contributed by atoms with E-state index in [1.54, 1.807) is 58.0 Å². The van der Waals surface area contributed by atoms with Crippen molar-refractivity contribution >= 4 is 69.8 Å². The second-order valence-electron chi connectivity index (χ2n) is 21.3. The molecule has 1 saturated heterocycles. The zero-order valence-electron chi connectivity index (χ0n) is 44.7. The van der Waals surface area contributed by atoms with Gasteiger partial charge in [0, 0.05) is 80.2 Å². The quantitative estimate of drug-likeness (QED) is 0.0368. The third kappa shape index (κ3) is 11.7. The van der Waals surface area contributed by atoms with E-state index >= 15 is 4.39 Å². The van der Waals surface area contributed by atoms with E-state index in [9.17, 15) is 48.3 Å².